The van der Waals surface area contributed by atoms with Crippen LogP contribution in [0.4, 0.5) is 0 Å². The summed E-state index contributed by atoms with van der Waals surface area (Å²) in [6.45, 7) is 12.9. The Bertz CT molecular complexity index is 451. The van der Waals surface area contributed by atoms with Gasteiger partial charge in [0.1, 0.15) is 0 Å². The van der Waals surface area contributed by atoms with Crippen molar-refractivity contribution in [3.05, 3.63) is 59.0 Å². The van der Waals surface area contributed by atoms with Crippen LogP contribution in [-0.4, -0.2) is 12.2 Å². The number of aliphatic hydroxyl groups is 1. The number of aliphatic hydroxyl groups excluding tert-OH is 1. The Hall–Kier alpha value is -0.0457. The summed E-state index contributed by atoms with van der Waals surface area (Å²) in [4.78, 5) is 0. The van der Waals surface area contributed by atoms with Crippen molar-refractivity contribution in [3.63, 3.8) is 0 Å². The zero-order valence-electron chi connectivity index (χ0n) is 15.2. The third kappa shape index (κ3) is 11.2. The number of halogens is 2. The van der Waals surface area contributed by atoms with E-state index in [1.165, 1.54) is 28.2 Å². The van der Waals surface area contributed by atoms with E-state index in [0.717, 1.165) is 7.11 Å². The molecule has 0 saturated carbocycles. The van der Waals surface area contributed by atoms with E-state index in [1.54, 1.807) is 0 Å². The molecule has 1 unspecified atom stereocenters. The molecule has 23 heavy (non-hydrogen) atoms. The third-order valence-electron chi connectivity index (χ3n) is 2.95. The summed E-state index contributed by atoms with van der Waals surface area (Å²) in [6, 6.07) is 11.5. The van der Waals surface area contributed by atoms with Gasteiger partial charge in [0.15, 0.2) is 0 Å². The van der Waals surface area contributed by atoms with Gasteiger partial charge < -0.3 is 35.8 Å². The van der Waals surface area contributed by atoms with Gasteiger partial charge in [-0.25, -0.2) is 0 Å². The monoisotopic (exact) mass is 390 g/mol. The van der Waals surface area contributed by atoms with E-state index in [-0.39, 0.29) is 46.5 Å². The Labute approximate surface area is 170 Å². The van der Waals surface area contributed by atoms with Gasteiger partial charge in [-0.3, -0.25) is 0 Å². The molecule has 1 aliphatic rings. The molecule has 2 rings (SSSR count). The average molecular weight is 391 g/mol. The molecule has 0 aliphatic heterocycles. The summed E-state index contributed by atoms with van der Waals surface area (Å²) >= 11 is 0. The van der Waals surface area contributed by atoms with Crippen LogP contribution in [0.2, 0.25) is 0 Å². The largest absolute Gasteiger partial charge is 4.00 e. The smallest absolute Gasteiger partial charge is 1.00 e. The van der Waals surface area contributed by atoms with E-state index in [0.29, 0.717) is 5.92 Å². The van der Waals surface area contributed by atoms with Crippen LogP contribution < -0.4 is 24.8 Å². The van der Waals surface area contributed by atoms with E-state index >= 15 is 0 Å². The fourth-order valence-corrected chi connectivity index (χ4v) is 2.15. The number of rotatable bonds is 1. The average Bonchev–Trinajstić information content (AvgIpc) is 2.66. The molecule has 0 aromatic heterocycles. The van der Waals surface area contributed by atoms with E-state index in [2.05, 4.69) is 65.8 Å². The molecule has 0 radical (unpaired) electrons. The summed E-state index contributed by atoms with van der Waals surface area (Å²) in [5.74, 6) is 1.95. The van der Waals surface area contributed by atoms with E-state index in [1.807, 2.05) is 12.1 Å². The van der Waals surface area contributed by atoms with Crippen LogP contribution in [0, 0.1) is 17.9 Å². The van der Waals surface area contributed by atoms with Gasteiger partial charge in [0.2, 0.25) is 0 Å². The molecule has 1 atom stereocenters. The summed E-state index contributed by atoms with van der Waals surface area (Å²) in [5.41, 5.74) is 5.50. The van der Waals surface area contributed by atoms with Crippen molar-refractivity contribution in [1.82, 2.24) is 0 Å². The van der Waals surface area contributed by atoms with Crippen LogP contribution in [0.5, 0.6) is 0 Å². The van der Waals surface area contributed by atoms with Crippen molar-refractivity contribution in [2.45, 2.75) is 41.5 Å². The van der Waals surface area contributed by atoms with E-state index in [4.69, 9.17) is 5.11 Å². The van der Waals surface area contributed by atoms with Gasteiger partial charge >= 0.3 is 21.7 Å². The number of benzene rings is 1. The first-order valence-electron chi connectivity index (χ1n) is 7.01. The Morgan fingerprint density at radius 2 is 1.52 bits per heavy atom. The van der Waals surface area contributed by atoms with Gasteiger partial charge in [0.25, 0.3) is 0 Å². The maximum atomic E-state index is 7.00. The van der Waals surface area contributed by atoms with Gasteiger partial charge in [-0.2, -0.15) is 20.8 Å². The maximum absolute atomic E-state index is 7.00. The number of hydrogen-bond donors (Lipinski definition) is 1. The number of hydrogen-bond acceptors (Lipinski definition) is 1. The standard InChI is InChI=1S/C14H15.C4H9.CH4O.2ClH.Ti/c1-10-9-11(2)14(12(10)3)13-7-5-4-6-8-13;1-4(2)3;1-2;;;/h4-7,9,11H,1-3H3;1-3H3;2H,1H3;2*1H;/q2*-1;;;;+4/p-2. The van der Waals surface area contributed by atoms with Gasteiger partial charge in [-0.15, -0.1) is 41.5 Å². The Morgan fingerprint density at radius 1 is 1.04 bits per heavy atom. The molecule has 4 heteroatoms. The van der Waals surface area contributed by atoms with Crippen LogP contribution in [0.25, 0.3) is 5.57 Å². The molecule has 0 amide bonds. The third-order valence-corrected chi connectivity index (χ3v) is 2.95. The molecule has 0 spiro atoms. The van der Waals surface area contributed by atoms with Gasteiger partial charge in [-0.05, 0) is 19.8 Å². The second-order valence-electron chi connectivity index (χ2n) is 5.45. The Morgan fingerprint density at radius 3 is 1.83 bits per heavy atom. The van der Waals surface area contributed by atoms with Crippen LogP contribution >= 0.6 is 0 Å². The first-order chi connectivity index (χ1) is 9.43. The molecular weight excluding hydrogens is 363 g/mol. The molecule has 0 bridgehead atoms. The second kappa shape index (κ2) is 16.8. The quantitative estimate of drug-likeness (QED) is 0.486. The molecule has 0 saturated heterocycles. The topological polar surface area (TPSA) is 20.2 Å². The Kier molecular flexibility index (Phi) is 22.5. The molecule has 1 N–H and O–H groups in total. The maximum Gasteiger partial charge on any atom is 4.00 e. The molecule has 128 valence electrons. The molecule has 0 heterocycles. The molecule has 1 aliphatic carbocycles. The van der Waals surface area contributed by atoms with E-state index in [9.17, 15) is 0 Å². The minimum atomic E-state index is 0. The summed E-state index contributed by atoms with van der Waals surface area (Å²) in [6.07, 6.45) is 2.32. The van der Waals surface area contributed by atoms with Crippen molar-refractivity contribution in [2.24, 2.45) is 5.92 Å². The minimum Gasteiger partial charge on any atom is -1.00 e. The molecule has 1 aromatic rings. The molecule has 1 aromatic carbocycles. The fraction of sp³-hybridized carbons (Fsp3) is 0.421. The fourth-order valence-electron chi connectivity index (χ4n) is 2.15. The van der Waals surface area contributed by atoms with Crippen LogP contribution in [-0.2, 0) is 21.7 Å². The molecule has 0 fully saturated rings. The SMILES string of the molecule is CC1=CC(C)C(c2[c-]cccc2)=C1C.CO.C[C-](C)C.[Cl-].[Cl-].[Ti+4]. The first-order valence-corrected chi connectivity index (χ1v) is 7.01. The van der Waals surface area contributed by atoms with Gasteiger partial charge in [0, 0.05) is 7.11 Å². The predicted molar refractivity (Wildman–Crippen MR) is 89.2 cm³/mol. The summed E-state index contributed by atoms with van der Waals surface area (Å²) < 4.78 is 0. The second-order valence-corrected chi connectivity index (χ2v) is 5.45. The van der Waals surface area contributed by atoms with Crippen molar-refractivity contribution >= 4 is 5.57 Å². The van der Waals surface area contributed by atoms with Crippen LogP contribution in [0.3, 0.4) is 0 Å². The van der Waals surface area contributed by atoms with Crippen molar-refractivity contribution in [2.75, 3.05) is 7.11 Å². The zero-order chi connectivity index (χ0) is 15.7. The normalized spacial score (nSPS) is 14.8. The van der Waals surface area contributed by atoms with Crippen molar-refractivity contribution < 1.29 is 51.6 Å². The minimum absolute atomic E-state index is 0. The van der Waals surface area contributed by atoms with Crippen LogP contribution in [0.1, 0.15) is 47.1 Å². The van der Waals surface area contributed by atoms with Crippen molar-refractivity contribution in [3.8, 4) is 0 Å². The van der Waals surface area contributed by atoms with Crippen molar-refractivity contribution in [1.29, 1.82) is 0 Å². The number of allylic oxidation sites excluding steroid dienone is 4. The molecular formula is C19H28Cl2OTi. The zero-order valence-corrected chi connectivity index (χ0v) is 18.2. The first kappa shape index (κ1) is 30.8. The van der Waals surface area contributed by atoms with Crippen LogP contribution in [0.15, 0.2) is 41.5 Å². The predicted octanol–water partition coefficient (Wildman–Crippen LogP) is -0.909. The summed E-state index contributed by atoms with van der Waals surface area (Å²) in [7, 11) is 1.00. The molecule has 1 nitrogen and oxygen atoms in total. The summed E-state index contributed by atoms with van der Waals surface area (Å²) in [5, 5.41) is 7.00. The van der Waals surface area contributed by atoms with Gasteiger partial charge in [-0.1, -0.05) is 24.1 Å². The van der Waals surface area contributed by atoms with E-state index < -0.39 is 0 Å². The van der Waals surface area contributed by atoms with Gasteiger partial charge in [0.05, 0.1) is 0 Å². The Balaban J connectivity index is -0.000000178.